The Morgan fingerprint density at radius 1 is 0.968 bits per heavy atom. The quantitative estimate of drug-likeness (QED) is 0.625. The van der Waals surface area contributed by atoms with Crippen molar-refractivity contribution in [1.82, 2.24) is 29.6 Å². The number of piperazine rings is 1. The third-order valence-electron chi connectivity index (χ3n) is 6.18. The zero-order chi connectivity index (χ0) is 21.4. The third kappa shape index (κ3) is 3.73. The smallest absolute Gasteiger partial charge is 0.289 e. The number of fused-ring (bicyclic) bond motifs is 1. The Morgan fingerprint density at radius 3 is 2.42 bits per heavy atom. The number of rotatable bonds is 3. The van der Waals surface area contributed by atoms with E-state index in [0.29, 0.717) is 31.9 Å². The lowest BCUT2D eigenvalue weighted by Crippen LogP contribution is -2.53. The molecule has 162 valence electrons. The first-order valence-corrected chi connectivity index (χ1v) is 10.7. The van der Waals surface area contributed by atoms with Crippen molar-refractivity contribution in [2.24, 2.45) is 5.92 Å². The van der Waals surface area contributed by atoms with Crippen LogP contribution < -0.4 is 4.90 Å². The number of hydrogen-bond acceptors (Lipinski definition) is 7. The van der Waals surface area contributed by atoms with Crippen molar-refractivity contribution in [2.45, 2.75) is 19.8 Å². The number of furan rings is 1. The Hall–Kier alpha value is -3.43. The summed E-state index contributed by atoms with van der Waals surface area (Å²) in [7, 11) is 0. The number of carbonyl (C=O) groups excluding carboxylic acids is 2. The molecule has 0 unspecified atom stereocenters. The van der Waals surface area contributed by atoms with E-state index < -0.39 is 0 Å². The minimum absolute atomic E-state index is 0.0176. The lowest BCUT2D eigenvalue weighted by molar-refractivity contribution is -0.137. The van der Waals surface area contributed by atoms with Crippen molar-refractivity contribution >= 4 is 23.3 Å². The van der Waals surface area contributed by atoms with Crippen LogP contribution in [-0.4, -0.2) is 80.7 Å². The van der Waals surface area contributed by atoms with E-state index in [1.54, 1.807) is 21.5 Å². The van der Waals surface area contributed by atoms with E-state index in [2.05, 4.69) is 20.2 Å². The van der Waals surface area contributed by atoms with Crippen LogP contribution in [0.25, 0.3) is 5.65 Å². The van der Waals surface area contributed by atoms with Gasteiger partial charge in [0.25, 0.3) is 5.91 Å². The molecule has 3 aromatic rings. The summed E-state index contributed by atoms with van der Waals surface area (Å²) < 4.78 is 6.95. The van der Waals surface area contributed by atoms with E-state index in [-0.39, 0.29) is 17.7 Å². The second-order valence-electron chi connectivity index (χ2n) is 8.06. The Morgan fingerprint density at radius 2 is 1.71 bits per heavy atom. The standard InChI is InChI=1S/C21H25N7O3/c1-15-22-23-18-4-5-19(24-28(15)18)25-8-6-16(7-9-25)20(29)26-10-12-27(13-11-26)21(30)17-3-2-14-31-17/h2-5,14,16H,6-13H2,1H3. The van der Waals surface area contributed by atoms with Gasteiger partial charge < -0.3 is 19.1 Å². The molecule has 2 amide bonds. The van der Waals surface area contributed by atoms with Crippen LogP contribution in [0.15, 0.2) is 34.9 Å². The summed E-state index contributed by atoms with van der Waals surface area (Å²) in [5.41, 5.74) is 0.732. The van der Waals surface area contributed by atoms with E-state index in [1.807, 2.05) is 24.0 Å². The number of piperidine rings is 1. The SMILES string of the molecule is Cc1nnc2ccc(N3CCC(C(=O)N4CCN(C(=O)c5ccco5)CC4)CC3)nn12. The Balaban J connectivity index is 1.15. The van der Waals surface area contributed by atoms with E-state index in [9.17, 15) is 9.59 Å². The first-order valence-electron chi connectivity index (χ1n) is 10.7. The van der Waals surface area contributed by atoms with Crippen molar-refractivity contribution in [3.63, 3.8) is 0 Å². The predicted molar refractivity (Wildman–Crippen MR) is 112 cm³/mol. The van der Waals surface area contributed by atoms with Gasteiger partial charge in [0.1, 0.15) is 5.82 Å². The number of anilines is 1. The Kier molecular flexibility index (Phi) is 5.05. The second-order valence-corrected chi connectivity index (χ2v) is 8.06. The second kappa shape index (κ2) is 8.01. The van der Waals surface area contributed by atoms with E-state index >= 15 is 0 Å². The average molecular weight is 423 g/mol. The van der Waals surface area contributed by atoms with Crippen molar-refractivity contribution in [2.75, 3.05) is 44.2 Å². The number of aryl methyl sites for hydroxylation is 1. The van der Waals surface area contributed by atoms with Crippen LogP contribution in [0.1, 0.15) is 29.2 Å². The Labute approximate surface area is 179 Å². The fraction of sp³-hybridized carbons (Fsp3) is 0.476. The van der Waals surface area contributed by atoms with Gasteiger partial charge >= 0.3 is 0 Å². The van der Waals surface area contributed by atoms with Crippen LogP contribution in [0.3, 0.4) is 0 Å². The van der Waals surface area contributed by atoms with Gasteiger partial charge in [0, 0.05) is 45.2 Å². The summed E-state index contributed by atoms with van der Waals surface area (Å²) in [5.74, 6) is 2.09. The zero-order valence-corrected chi connectivity index (χ0v) is 17.5. The fourth-order valence-electron chi connectivity index (χ4n) is 4.35. The molecular weight excluding hydrogens is 398 g/mol. The highest BCUT2D eigenvalue weighted by molar-refractivity contribution is 5.91. The monoisotopic (exact) mass is 423 g/mol. The first kappa shape index (κ1) is 19.5. The highest BCUT2D eigenvalue weighted by Gasteiger charge is 2.32. The summed E-state index contributed by atoms with van der Waals surface area (Å²) in [6.45, 7) is 5.65. The molecular formula is C21H25N7O3. The van der Waals surface area contributed by atoms with Gasteiger partial charge in [0.2, 0.25) is 5.91 Å². The Bertz CT molecular complexity index is 1080. The molecule has 2 aliphatic heterocycles. The first-order chi connectivity index (χ1) is 15.1. The lowest BCUT2D eigenvalue weighted by atomic mass is 9.95. The highest BCUT2D eigenvalue weighted by Crippen LogP contribution is 2.24. The van der Waals surface area contributed by atoms with Crippen molar-refractivity contribution in [3.05, 3.63) is 42.1 Å². The van der Waals surface area contributed by atoms with Gasteiger partial charge in [-0.15, -0.1) is 15.3 Å². The molecule has 5 heterocycles. The van der Waals surface area contributed by atoms with Crippen molar-refractivity contribution in [3.8, 4) is 0 Å². The van der Waals surface area contributed by atoms with Gasteiger partial charge in [0.15, 0.2) is 17.2 Å². The molecule has 5 rings (SSSR count). The maximum Gasteiger partial charge on any atom is 0.289 e. The molecule has 2 fully saturated rings. The summed E-state index contributed by atoms with van der Waals surface area (Å²) in [5, 5.41) is 12.8. The van der Waals surface area contributed by atoms with E-state index in [0.717, 1.165) is 43.2 Å². The molecule has 10 nitrogen and oxygen atoms in total. The number of hydrogen-bond donors (Lipinski definition) is 0. The minimum Gasteiger partial charge on any atom is -0.459 e. The van der Waals surface area contributed by atoms with Gasteiger partial charge in [0.05, 0.1) is 6.26 Å². The molecule has 2 aliphatic rings. The number of carbonyl (C=O) groups is 2. The molecule has 3 aromatic heterocycles. The predicted octanol–water partition coefficient (Wildman–Crippen LogP) is 1.23. The molecule has 31 heavy (non-hydrogen) atoms. The highest BCUT2D eigenvalue weighted by atomic mass is 16.3. The summed E-state index contributed by atoms with van der Waals surface area (Å²) in [4.78, 5) is 31.3. The molecule has 2 saturated heterocycles. The summed E-state index contributed by atoms with van der Waals surface area (Å²) in [6.07, 6.45) is 3.09. The largest absolute Gasteiger partial charge is 0.459 e. The van der Waals surface area contributed by atoms with Crippen LogP contribution in [0.5, 0.6) is 0 Å². The number of aromatic nitrogens is 4. The molecule has 0 saturated carbocycles. The summed E-state index contributed by atoms with van der Waals surface area (Å²) in [6, 6.07) is 7.26. The van der Waals surface area contributed by atoms with Crippen molar-refractivity contribution in [1.29, 1.82) is 0 Å². The normalized spacial score (nSPS) is 18.0. The van der Waals surface area contributed by atoms with Crippen LogP contribution in [0, 0.1) is 12.8 Å². The fourth-order valence-corrected chi connectivity index (χ4v) is 4.35. The molecule has 0 aromatic carbocycles. The van der Waals surface area contributed by atoms with Crippen LogP contribution in [-0.2, 0) is 4.79 Å². The van der Waals surface area contributed by atoms with Crippen molar-refractivity contribution < 1.29 is 14.0 Å². The molecule has 0 radical (unpaired) electrons. The molecule has 0 aliphatic carbocycles. The van der Waals surface area contributed by atoms with Crippen LogP contribution in [0.2, 0.25) is 0 Å². The lowest BCUT2D eigenvalue weighted by Gasteiger charge is -2.38. The third-order valence-corrected chi connectivity index (χ3v) is 6.18. The maximum atomic E-state index is 13.0. The molecule has 0 spiro atoms. The minimum atomic E-state index is -0.113. The number of amides is 2. The van der Waals surface area contributed by atoms with Gasteiger partial charge in [-0.1, -0.05) is 0 Å². The molecule has 0 atom stereocenters. The molecule has 10 heteroatoms. The van der Waals surface area contributed by atoms with Gasteiger partial charge in [-0.3, -0.25) is 9.59 Å². The van der Waals surface area contributed by atoms with Gasteiger partial charge in [-0.25, -0.2) is 0 Å². The van der Waals surface area contributed by atoms with Gasteiger partial charge in [-0.05, 0) is 44.0 Å². The molecule has 0 bridgehead atoms. The van der Waals surface area contributed by atoms with Crippen LogP contribution in [0.4, 0.5) is 5.82 Å². The topological polar surface area (TPSA) is 100 Å². The van der Waals surface area contributed by atoms with Gasteiger partial charge in [-0.2, -0.15) is 4.52 Å². The number of nitrogens with zero attached hydrogens (tertiary/aromatic N) is 7. The summed E-state index contributed by atoms with van der Waals surface area (Å²) >= 11 is 0. The molecule has 0 N–H and O–H groups in total. The van der Waals surface area contributed by atoms with E-state index in [1.165, 1.54) is 6.26 Å². The zero-order valence-electron chi connectivity index (χ0n) is 17.5. The van der Waals surface area contributed by atoms with E-state index in [4.69, 9.17) is 4.42 Å². The maximum absolute atomic E-state index is 13.0. The average Bonchev–Trinajstić information content (AvgIpc) is 3.49. The van der Waals surface area contributed by atoms with Crippen LogP contribution >= 0.6 is 0 Å².